The van der Waals surface area contributed by atoms with Crippen molar-refractivity contribution < 1.29 is 23.9 Å². The standard InChI is InChI=1S/C12H17FN2O5/c1-19-5-4-14-7-10(16)8-20-12-3-2-9(15(17)18)6-11(12)13/h2-3,6,10,14,16H,4-5,7-8H2,1H3. The fourth-order valence-corrected chi connectivity index (χ4v) is 1.41. The molecule has 0 aliphatic carbocycles. The van der Waals surface area contributed by atoms with Gasteiger partial charge in [0.2, 0.25) is 0 Å². The lowest BCUT2D eigenvalue weighted by Crippen LogP contribution is -2.33. The average molecular weight is 288 g/mol. The largest absolute Gasteiger partial charge is 0.488 e. The molecule has 1 aromatic carbocycles. The second kappa shape index (κ2) is 8.41. The van der Waals surface area contributed by atoms with Gasteiger partial charge < -0.3 is 19.9 Å². The number of nitro groups is 1. The van der Waals surface area contributed by atoms with Crippen LogP contribution in [0.1, 0.15) is 0 Å². The molecular weight excluding hydrogens is 271 g/mol. The summed E-state index contributed by atoms with van der Waals surface area (Å²) in [7, 11) is 1.57. The number of nitrogens with one attached hydrogen (secondary N) is 1. The molecule has 1 rings (SSSR count). The number of hydrogen-bond acceptors (Lipinski definition) is 6. The number of hydrogen-bond donors (Lipinski definition) is 2. The van der Waals surface area contributed by atoms with Gasteiger partial charge >= 0.3 is 0 Å². The van der Waals surface area contributed by atoms with E-state index < -0.39 is 16.8 Å². The maximum Gasteiger partial charge on any atom is 0.272 e. The number of nitro benzene ring substituents is 1. The van der Waals surface area contributed by atoms with Crippen LogP contribution in [0.5, 0.6) is 5.75 Å². The van der Waals surface area contributed by atoms with Crippen LogP contribution in [0.4, 0.5) is 10.1 Å². The summed E-state index contributed by atoms with van der Waals surface area (Å²) in [6.45, 7) is 1.26. The first-order chi connectivity index (χ1) is 9.54. The highest BCUT2D eigenvalue weighted by Gasteiger charge is 2.13. The fraction of sp³-hybridized carbons (Fsp3) is 0.500. The maximum atomic E-state index is 13.5. The van der Waals surface area contributed by atoms with Gasteiger partial charge in [0.05, 0.1) is 17.6 Å². The summed E-state index contributed by atoms with van der Waals surface area (Å²) in [5.74, 6) is -0.967. The van der Waals surface area contributed by atoms with Crippen LogP contribution in [-0.2, 0) is 4.74 Å². The van der Waals surface area contributed by atoms with Crippen LogP contribution in [0.3, 0.4) is 0 Å². The lowest BCUT2D eigenvalue weighted by atomic mass is 10.3. The molecule has 0 fully saturated rings. The molecule has 7 nitrogen and oxygen atoms in total. The Balaban J connectivity index is 2.39. The normalized spacial score (nSPS) is 12.2. The van der Waals surface area contributed by atoms with Crippen molar-refractivity contribution in [3.05, 3.63) is 34.1 Å². The van der Waals surface area contributed by atoms with Crippen molar-refractivity contribution in [1.29, 1.82) is 0 Å². The van der Waals surface area contributed by atoms with Gasteiger partial charge in [-0.2, -0.15) is 0 Å². The van der Waals surface area contributed by atoms with Crippen molar-refractivity contribution in [2.45, 2.75) is 6.10 Å². The molecule has 0 radical (unpaired) electrons. The minimum atomic E-state index is -0.834. The maximum absolute atomic E-state index is 13.5. The lowest BCUT2D eigenvalue weighted by molar-refractivity contribution is -0.385. The Morgan fingerprint density at radius 3 is 2.90 bits per heavy atom. The third kappa shape index (κ3) is 5.47. The van der Waals surface area contributed by atoms with Gasteiger partial charge in [-0.15, -0.1) is 0 Å². The van der Waals surface area contributed by atoms with Crippen molar-refractivity contribution in [3.8, 4) is 5.75 Å². The number of benzene rings is 1. The smallest absolute Gasteiger partial charge is 0.272 e. The van der Waals surface area contributed by atoms with Gasteiger partial charge in [0.15, 0.2) is 11.6 Å². The van der Waals surface area contributed by atoms with Gasteiger partial charge in [0.1, 0.15) is 12.7 Å². The van der Waals surface area contributed by atoms with Crippen molar-refractivity contribution in [2.24, 2.45) is 0 Å². The van der Waals surface area contributed by atoms with E-state index in [1.807, 2.05) is 0 Å². The van der Waals surface area contributed by atoms with Crippen LogP contribution in [0.2, 0.25) is 0 Å². The third-order valence-corrected chi connectivity index (χ3v) is 2.42. The summed E-state index contributed by atoms with van der Waals surface area (Å²) in [4.78, 5) is 9.75. The Labute approximate surface area is 115 Å². The summed E-state index contributed by atoms with van der Waals surface area (Å²) < 4.78 is 23.4. The second-order valence-electron chi connectivity index (χ2n) is 4.03. The van der Waals surface area contributed by atoms with Crippen molar-refractivity contribution in [1.82, 2.24) is 5.32 Å². The SMILES string of the molecule is COCCNCC(O)COc1ccc([N+](=O)[O-])cc1F. The molecule has 2 N–H and O–H groups in total. The molecule has 0 aliphatic rings. The highest BCUT2D eigenvalue weighted by molar-refractivity contribution is 5.37. The highest BCUT2D eigenvalue weighted by atomic mass is 19.1. The second-order valence-corrected chi connectivity index (χ2v) is 4.03. The Kier molecular flexibility index (Phi) is 6.85. The number of methoxy groups -OCH3 is 1. The van der Waals surface area contributed by atoms with E-state index in [-0.39, 0.29) is 24.6 Å². The molecule has 0 spiro atoms. The number of aliphatic hydroxyl groups is 1. The van der Waals surface area contributed by atoms with Crippen molar-refractivity contribution >= 4 is 5.69 Å². The molecule has 1 unspecified atom stereocenters. The molecule has 0 saturated carbocycles. The molecule has 0 heterocycles. The van der Waals surface area contributed by atoms with E-state index in [1.54, 1.807) is 7.11 Å². The Morgan fingerprint density at radius 1 is 1.55 bits per heavy atom. The lowest BCUT2D eigenvalue weighted by Gasteiger charge is -2.13. The Bertz CT molecular complexity index is 444. The number of halogens is 1. The number of nitrogens with zero attached hydrogens (tertiary/aromatic N) is 1. The van der Waals surface area contributed by atoms with Crippen molar-refractivity contribution in [3.63, 3.8) is 0 Å². The minimum Gasteiger partial charge on any atom is -0.488 e. The molecular formula is C12H17FN2O5. The summed E-state index contributed by atoms with van der Waals surface area (Å²) in [6.07, 6.45) is -0.818. The van der Waals surface area contributed by atoms with Gasteiger partial charge in [0.25, 0.3) is 5.69 Å². The van der Waals surface area contributed by atoms with E-state index in [0.29, 0.717) is 13.2 Å². The number of ether oxygens (including phenoxy) is 2. The van der Waals surface area contributed by atoms with E-state index >= 15 is 0 Å². The molecule has 20 heavy (non-hydrogen) atoms. The summed E-state index contributed by atoms with van der Waals surface area (Å²) in [5.41, 5.74) is -0.350. The van der Waals surface area contributed by atoms with E-state index in [1.165, 1.54) is 6.07 Å². The van der Waals surface area contributed by atoms with Gasteiger partial charge in [0, 0.05) is 26.3 Å². The first kappa shape index (κ1) is 16.3. The summed E-state index contributed by atoms with van der Waals surface area (Å²) in [5, 5.41) is 22.9. The highest BCUT2D eigenvalue weighted by Crippen LogP contribution is 2.22. The van der Waals surface area contributed by atoms with Gasteiger partial charge in [-0.3, -0.25) is 10.1 Å². The Morgan fingerprint density at radius 2 is 2.30 bits per heavy atom. The van der Waals surface area contributed by atoms with Crippen LogP contribution >= 0.6 is 0 Å². The summed E-state index contributed by atoms with van der Waals surface area (Å²) in [6, 6.07) is 3.08. The van der Waals surface area contributed by atoms with Crippen LogP contribution in [0, 0.1) is 15.9 Å². The predicted molar refractivity (Wildman–Crippen MR) is 69.3 cm³/mol. The number of aliphatic hydroxyl groups excluding tert-OH is 1. The average Bonchev–Trinajstić information content (AvgIpc) is 2.42. The van der Waals surface area contributed by atoms with E-state index in [2.05, 4.69) is 5.32 Å². The van der Waals surface area contributed by atoms with Crippen LogP contribution in [0.15, 0.2) is 18.2 Å². The zero-order valence-electron chi connectivity index (χ0n) is 11.0. The zero-order chi connectivity index (χ0) is 15.0. The molecule has 112 valence electrons. The predicted octanol–water partition coefficient (Wildman–Crippen LogP) is 0.710. The van der Waals surface area contributed by atoms with Crippen molar-refractivity contribution in [2.75, 3.05) is 33.4 Å². The minimum absolute atomic E-state index is 0.116. The molecule has 0 aliphatic heterocycles. The van der Waals surface area contributed by atoms with E-state index in [9.17, 15) is 19.6 Å². The third-order valence-electron chi connectivity index (χ3n) is 2.42. The molecule has 0 saturated heterocycles. The fourth-order valence-electron chi connectivity index (χ4n) is 1.41. The van der Waals surface area contributed by atoms with E-state index in [4.69, 9.17) is 9.47 Å². The molecule has 8 heteroatoms. The molecule has 0 bridgehead atoms. The molecule has 1 aromatic rings. The first-order valence-corrected chi connectivity index (χ1v) is 5.99. The van der Waals surface area contributed by atoms with Gasteiger partial charge in [-0.25, -0.2) is 4.39 Å². The first-order valence-electron chi connectivity index (χ1n) is 5.99. The van der Waals surface area contributed by atoms with E-state index in [0.717, 1.165) is 12.1 Å². The quantitative estimate of drug-likeness (QED) is 0.395. The summed E-state index contributed by atoms with van der Waals surface area (Å²) >= 11 is 0. The Hall–Kier alpha value is -1.77. The molecule has 0 aromatic heterocycles. The van der Waals surface area contributed by atoms with Gasteiger partial charge in [-0.1, -0.05) is 0 Å². The number of rotatable bonds is 9. The molecule has 1 atom stereocenters. The van der Waals surface area contributed by atoms with Crippen LogP contribution in [0.25, 0.3) is 0 Å². The number of non-ortho nitro benzene ring substituents is 1. The van der Waals surface area contributed by atoms with Gasteiger partial charge in [-0.05, 0) is 6.07 Å². The monoisotopic (exact) mass is 288 g/mol. The molecule has 0 amide bonds. The van der Waals surface area contributed by atoms with Crippen LogP contribution in [-0.4, -0.2) is 49.5 Å². The topological polar surface area (TPSA) is 93.9 Å². The van der Waals surface area contributed by atoms with Crippen LogP contribution < -0.4 is 10.1 Å². The zero-order valence-corrected chi connectivity index (χ0v) is 11.0.